The number of aromatic hydroxyl groups is 2. The van der Waals surface area contributed by atoms with Crippen molar-refractivity contribution in [3.8, 4) is 23.0 Å². The van der Waals surface area contributed by atoms with E-state index in [0.717, 1.165) is 5.57 Å². The third-order valence-electron chi connectivity index (χ3n) is 5.62. The highest BCUT2D eigenvalue weighted by atomic mass is 16.5. The van der Waals surface area contributed by atoms with Crippen LogP contribution in [0.4, 0.5) is 0 Å². The molecule has 0 unspecified atom stereocenters. The van der Waals surface area contributed by atoms with Crippen LogP contribution in [0.15, 0.2) is 33.0 Å². The second-order valence-corrected chi connectivity index (χ2v) is 8.48. The van der Waals surface area contributed by atoms with Crippen LogP contribution < -0.4 is 14.9 Å². The molecular weight excluding hydrogens is 400 g/mol. The number of hydrogen-bond acceptors (Lipinski definition) is 7. The minimum absolute atomic E-state index is 0.0338. The molecule has 2 heterocycles. The Bertz CT molecular complexity index is 1340. The zero-order chi connectivity index (χ0) is 22.7. The number of ketones is 1. The Balaban J connectivity index is 2.11. The van der Waals surface area contributed by atoms with Crippen molar-refractivity contribution in [3.05, 3.63) is 45.1 Å². The zero-order valence-corrected chi connectivity index (χ0v) is 18.1. The van der Waals surface area contributed by atoms with Crippen molar-refractivity contribution >= 4 is 27.7 Å². The van der Waals surface area contributed by atoms with Crippen molar-refractivity contribution in [3.63, 3.8) is 0 Å². The molecule has 4 rings (SSSR count). The lowest BCUT2D eigenvalue weighted by Crippen LogP contribution is -2.42. The molecule has 0 amide bonds. The molecule has 0 aliphatic carbocycles. The van der Waals surface area contributed by atoms with Gasteiger partial charge in [0.25, 0.3) is 0 Å². The summed E-state index contributed by atoms with van der Waals surface area (Å²) >= 11 is 0. The van der Waals surface area contributed by atoms with Gasteiger partial charge in [0.05, 0.1) is 12.5 Å². The van der Waals surface area contributed by atoms with Gasteiger partial charge in [-0.3, -0.25) is 9.59 Å². The molecule has 7 heteroatoms. The van der Waals surface area contributed by atoms with Crippen molar-refractivity contribution in [2.45, 2.75) is 46.1 Å². The number of carbonyl (C=O) groups excluding carboxylic acids is 1. The lowest BCUT2D eigenvalue weighted by atomic mass is 9.91. The van der Waals surface area contributed by atoms with Gasteiger partial charge in [-0.05, 0) is 34.1 Å². The van der Waals surface area contributed by atoms with Crippen molar-refractivity contribution in [1.29, 1.82) is 0 Å². The number of methoxy groups -OCH3 is 1. The number of phenols is 2. The average molecular weight is 424 g/mol. The molecule has 0 bridgehead atoms. The summed E-state index contributed by atoms with van der Waals surface area (Å²) < 4.78 is 17.1. The lowest BCUT2D eigenvalue weighted by molar-refractivity contribution is -0.132. The Hall–Kier alpha value is -3.48. The van der Waals surface area contributed by atoms with Gasteiger partial charge in [-0.2, -0.15) is 0 Å². The number of phenolic OH excluding ortho intramolecular Hbond substituents is 2. The first kappa shape index (κ1) is 20.8. The summed E-state index contributed by atoms with van der Waals surface area (Å²) in [7, 11) is 1.41. The standard InChI is InChI=1S/C24H24O7/c1-11(2)6-7-12-19-16(9-14(25)23(12)29-5)30-17-10-15-13(21(27)20(17)22(19)28)8-18(26)24(3,4)31-15/h6,9-10,25,27H,7-8H2,1-5H3. The predicted molar refractivity (Wildman–Crippen MR) is 116 cm³/mol. The first-order valence-electron chi connectivity index (χ1n) is 9.95. The van der Waals surface area contributed by atoms with Crippen molar-refractivity contribution in [2.24, 2.45) is 0 Å². The molecule has 0 radical (unpaired) electrons. The van der Waals surface area contributed by atoms with E-state index in [-0.39, 0.29) is 57.0 Å². The Morgan fingerprint density at radius 2 is 1.84 bits per heavy atom. The van der Waals surface area contributed by atoms with E-state index in [1.165, 1.54) is 19.2 Å². The van der Waals surface area contributed by atoms with Crippen molar-refractivity contribution in [2.75, 3.05) is 7.11 Å². The van der Waals surface area contributed by atoms with Crippen LogP contribution in [0.5, 0.6) is 23.0 Å². The summed E-state index contributed by atoms with van der Waals surface area (Å²) in [6.07, 6.45) is 2.18. The van der Waals surface area contributed by atoms with Crippen LogP contribution in [0.25, 0.3) is 21.9 Å². The summed E-state index contributed by atoms with van der Waals surface area (Å²) in [5.74, 6) is -0.211. The van der Waals surface area contributed by atoms with Gasteiger partial charge in [0, 0.05) is 29.7 Å². The van der Waals surface area contributed by atoms with Crippen LogP contribution in [-0.4, -0.2) is 28.7 Å². The Morgan fingerprint density at radius 1 is 1.16 bits per heavy atom. The fourth-order valence-electron chi connectivity index (χ4n) is 3.91. The largest absolute Gasteiger partial charge is 0.507 e. The molecule has 0 saturated carbocycles. The minimum Gasteiger partial charge on any atom is -0.507 e. The third kappa shape index (κ3) is 3.21. The maximum absolute atomic E-state index is 13.5. The molecule has 1 aromatic heterocycles. The van der Waals surface area contributed by atoms with Crippen molar-refractivity contribution in [1.82, 2.24) is 0 Å². The molecule has 3 aromatic rings. The summed E-state index contributed by atoms with van der Waals surface area (Å²) in [4.78, 5) is 25.9. The number of fused-ring (bicyclic) bond motifs is 3. The monoisotopic (exact) mass is 424 g/mol. The Morgan fingerprint density at radius 3 is 2.48 bits per heavy atom. The van der Waals surface area contributed by atoms with Crippen LogP contribution in [0, 0.1) is 0 Å². The molecule has 0 spiro atoms. The van der Waals surface area contributed by atoms with Crippen LogP contribution in [-0.2, 0) is 17.6 Å². The van der Waals surface area contributed by atoms with Gasteiger partial charge < -0.3 is 24.1 Å². The number of ether oxygens (including phenoxy) is 2. The molecular formula is C24H24O7. The van der Waals surface area contributed by atoms with Crippen LogP contribution in [0.3, 0.4) is 0 Å². The fraction of sp³-hybridized carbons (Fsp3) is 0.333. The number of benzene rings is 2. The molecule has 2 aromatic carbocycles. The number of allylic oxidation sites excluding steroid dienone is 2. The lowest BCUT2D eigenvalue weighted by Gasteiger charge is -2.31. The van der Waals surface area contributed by atoms with E-state index in [0.29, 0.717) is 17.7 Å². The number of Topliss-reactive ketones (excluding diaryl/α,β-unsaturated/α-hetero) is 1. The van der Waals surface area contributed by atoms with Gasteiger partial charge in [0.15, 0.2) is 22.9 Å². The van der Waals surface area contributed by atoms with Gasteiger partial charge in [0.2, 0.25) is 5.43 Å². The van der Waals surface area contributed by atoms with E-state index in [1.807, 2.05) is 19.9 Å². The molecule has 1 aliphatic heterocycles. The third-order valence-corrected chi connectivity index (χ3v) is 5.62. The normalized spacial score (nSPS) is 14.9. The van der Waals surface area contributed by atoms with E-state index in [2.05, 4.69) is 0 Å². The molecule has 1 aliphatic rings. The van der Waals surface area contributed by atoms with E-state index in [1.54, 1.807) is 13.8 Å². The zero-order valence-electron chi connectivity index (χ0n) is 18.1. The number of rotatable bonds is 3. The first-order chi connectivity index (χ1) is 14.5. The van der Waals surface area contributed by atoms with Crippen molar-refractivity contribution < 1.29 is 28.9 Å². The SMILES string of the molecule is COc1c(O)cc2oc3cc4c(c(O)c3c(=O)c2c1CC=C(C)C)CC(=O)C(C)(C)O4. The highest BCUT2D eigenvalue weighted by Crippen LogP contribution is 2.43. The van der Waals surface area contributed by atoms with E-state index in [9.17, 15) is 19.8 Å². The summed E-state index contributed by atoms with van der Waals surface area (Å²) in [5, 5.41) is 21.5. The van der Waals surface area contributed by atoms with Gasteiger partial charge in [-0.15, -0.1) is 0 Å². The fourth-order valence-corrected chi connectivity index (χ4v) is 3.91. The predicted octanol–water partition coefficient (Wildman–Crippen LogP) is 4.16. The maximum Gasteiger partial charge on any atom is 0.204 e. The van der Waals surface area contributed by atoms with Crippen LogP contribution in [0.1, 0.15) is 38.8 Å². The van der Waals surface area contributed by atoms with E-state index >= 15 is 0 Å². The second-order valence-electron chi connectivity index (χ2n) is 8.48. The van der Waals surface area contributed by atoms with Gasteiger partial charge in [0.1, 0.15) is 28.1 Å². The maximum atomic E-state index is 13.5. The molecule has 0 atom stereocenters. The molecule has 0 fully saturated rings. The van der Waals surface area contributed by atoms with E-state index in [4.69, 9.17) is 13.9 Å². The molecule has 0 saturated heterocycles. The van der Waals surface area contributed by atoms with Gasteiger partial charge >= 0.3 is 0 Å². The number of carbonyl (C=O) groups is 1. The highest BCUT2D eigenvalue weighted by Gasteiger charge is 2.37. The quantitative estimate of drug-likeness (QED) is 0.480. The second kappa shape index (κ2) is 7.04. The molecule has 2 N–H and O–H groups in total. The molecule has 162 valence electrons. The molecule has 7 nitrogen and oxygen atoms in total. The smallest absolute Gasteiger partial charge is 0.204 e. The van der Waals surface area contributed by atoms with Gasteiger partial charge in [-0.1, -0.05) is 11.6 Å². The summed E-state index contributed by atoms with van der Waals surface area (Å²) in [6, 6.07) is 2.84. The Kier molecular flexibility index (Phi) is 4.72. The minimum atomic E-state index is -1.05. The topological polar surface area (TPSA) is 106 Å². The average Bonchev–Trinajstić information content (AvgIpc) is 2.67. The first-order valence-corrected chi connectivity index (χ1v) is 9.95. The molecule has 31 heavy (non-hydrogen) atoms. The van der Waals surface area contributed by atoms with Crippen LogP contribution >= 0.6 is 0 Å². The van der Waals surface area contributed by atoms with E-state index < -0.39 is 11.0 Å². The number of hydrogen-bond donors (Lipinski definition) is 2. The Labute approximate surface area is 178 Å². The van der Waals surface area contributed by atoms with Crippen LogP contribution in [0.2, 0.25) is 0 Å². The van der Waals surface area contributed by atoms with Gasteiger partial charge in [-0.25, -0.2) is 0 Å². The summed E-state index contributed by atoms with van der Waals surface area (Å²) in [5.41, 5.74) is 0.506. The highest BCUT2D eigenvalue weighted by molar-refractivity contribution is 6.00. The summed E-state index contributed by atoms with van der Waals surface area (Å²) in [6.45, 7) is 7.14.